The number of halogens is 1. The smallest absolute Gasteiger partial charge is 0.140 e. The van der Waals surface area contributed by atoms with E-state index in [9.17, 15) is 0 Å². The number of aromatic nitrogens is 3. The van der Waals surface area contributed by atoms with Gasteiger partial charge in [0.15, 0.2) is 0 Å². The van der Waals surface area contributed by atoms with Crippen molar-refractivity contribution in [2.75, 3.05) is 6.54 Å². The predicted octanol–water partition coefficient (Wildman–Crippen LogP) is 2.86. The van der Waals surface area contributed by atoms with Crippen molar-refractivity contribution < 1.29 is 0 Å². The highest BCUT2D eigenvalue weighted by Crippen LogP contribution is 2.27. The van der Waals surface area contributed by atoms with Crippen molar-refractivity contribution >= 4 is 17.2 Å². The minimum Gasteiger partial charge on any atom is -0.330 e. The lowest BCUT2D eigenvalue weighted by Crippen LogP contribution is -2.06. The Morgan fingerprint density at radius 2 is 2.05 bits per heavy atom. The Morgan fingerprint density at radius 3 is 2.75 bits per heavy atom. The molecule has 0 aliphatic rings. The molecule has 0 saturated heterocycles. The molecule has 3 aromatic rings. The first-order valence-corrected chi connectivity index (χ1v) is 6.86. The maximum atomic E-state index is 6.16. The van der Waals surface area contributed by atoms with Gasteiger partial charge in [-0.3, -0.25) is 4.98 Å². The molecule has 3 aromatic heterocycles. The van der Waals surface area contributed by atoms with Crippen molar-refractivity contribution in [3.05, 3.63) is 53.1 Å². The van der Waals surface area contributed by atoms with Crippen molar-refractivity contribution in [2.45, 2.75) is 13.3 Å². The van der Waals surface area contributed by atoms with Gasteiger partial charge in [0.05, 0.1) is 16.4 Å². The van der Waals surface area contributed by atoms with Gasteiger partial charge in [-0.25, -0.2) is 4.98 Å². The van der Waals surface area contributed by atoms with Gasteiger partial charge in [0.1, 0.15) is 5.65 Å². The van der Waals surface area contributed by atoms with Gasteiger partial charge in [-0.15, -0.1) is 0 Å². The number of hydrogen-bond donors (Lipinski definition) is 1. The lowest BCUT2D eigenvalue weighted by Gasteiger charge is -2.05. The van der Waals surface area contributed by atoms with Crippen LogP contribution in [0.25, 0.3) is 16.9 Å². The van der Waals surface area contributed by atoms with E-state index in [0.717, 1.165) is 34.6 Å². The molecule has 0 radical (unpaired) electrons. The second-order valence-electron chi connectivity index (χ2n) is 4.72. The Kier molecular flexibility index (Phi) is 3.42. The molecule has 102 valence electrons. The van der Waals surface area contributed by atoms with Gasteiger partial charge in [-0.2, -0.15) is 0 Å². The van der Waals surface area contributed by atoms with Crippen molar-refractivity contribution in [3.8, 4) is 11.3 Å². The third kappa shape index (κ3) is 2.17. The van der Waals surface area contributed by atoms with Crippen molar-refractivity contribution in [3.63, 3.8) is 0 Å². The van der Waals surface area contributed by atoms with Crippen LogP contribution in [0.4, 0.5) is 0 Å². The number of aryl methyl sites for hydroxylation is 1. The van der Waals surface area contributed by atoms with Gasteiger partial charge >= 0.3 is 0 Å². The molecule has 0 amide bonds. The van der Waals surface area contributed by atoms with Crippen molar-refractivity contribution in [1.82, 2.24) is 14.4 Å². The van der Waals surface area contributed by atoms with Crippen LogP contribution < -0.4 is 5.73 Å². The van der Waals surface area contributed by atoms with Gasteiger partial charge in [0, 0.05) is 30.6 Å². The summed E-state index contributed by atoms with van der Waals surface area (Å²) in [6.07, 6.45) is 6.18. The van der Waals surface area contributed by atoms with Crippen LogP contribution in [0.15, 0.2) is 36.8 Å². The third-order valence-electron chi connectivity index (χ3n) is 3.30. The fourth-order valence-corrected chi connectivity index (χ4v) is 2.69. The summed E-state index contributed by atoms with van der Waals surface area (Å²) < 4.78 is 2.04. The molecule has 0 atom stereocenters. The van der Waals surface area contributed by atoms with E-state index in [0.29, 0.717) is 11.6 Å². The second kappa shape index (κ2) is 5.23. The molecule has 0 bridgehead atoms. The van der Waals surface area contributed by atoms with Crippen LogP contribution in [0, 0.1) is 6.92 Å². The summed E-state index contributed by atoms with van der Waals surface area (Å²) in [5.74, 6) is 0. The molecule has 3 rings (SSSR count). The molecule has 0 fully saturated rings. The Bertz CT molecular complexity index is 749. The van der Waals surface area contributed by atoms with E-state index in [2.05, 4.69) is 4.98 Å². The molecular weight excluding hydrogens is 272 g/mol. The molecule has 0 unspecified atom stereocenters. The van der Waals surface area contributed by atoms with Crippen LogP contribution in [0.1, 0.15) is 11.3 Å². The molecule has 0 aliphatic heterocycles. The highest BCUT2D eigenvalue weighted by atomic mass is 35.5. The maximum Gasteiger partial charge on any atom is 0.140 e. The standard InChI is InChI=1S/C15H15ClN4/c1-10-8-12(16)9-20-13(2-5-17)14(19-15(10)20)11-3-6-18-7-4-11/h3-4,6-9H,2,5,17H2,1H3. The van der Waals surface area contributed by atoms with Crippen molar-refractivity contribution in [1.29, 1.82) is 0 Å². The first-order valence-electron chi connectivity index (χ1n) is 6.48. The number of pyridine rings is 2. The summed E-state index contributed by atoms with van der Waals surface area (Å²) in [4.78, 5) is 8.81. The maximum absolute atomic E-state index is 6.16. The van der Waals surface area contributed by atoms with Gasteiger partial charge < -0.3 is 10.1 Å². The number of rotatable bonds is 3. The molecule has 0 aliphatic carbocycles. The molecule has 0 aromatic carbocycles. The lowest BCUT2D eigenvalue weighted by molar-refractivity contribution is 0.906. The monoisotopic (exact) mass is 286 g/mol. The molecule has 0 saturated carbocycles. The summed E-state index contributed by atoms with van der Waals surface area (Å²) >= 11 is 6.16. The lowest BCUT2D eigenvalue weighted by atomic mass is 10.1. The molecule has 2 N–H and O–H groups in total. The number of nitrogens with two attached hydrogens (primary N) is 1. The van der Waals surface area contributed by atoms with E-state index in [4.69, 9.17) is 22.3 Å². The minimum absolute atomic E-state index is 0.567. The highest BCUT2D eigenvalue weighted by molar-refractivity contribution is 6.30. The molecule has 20 heavy (non-hydrogen) atoms. The third-order valence-corrected chi connectivity index (χ3v) is 3.51. The summed E-state index contributed by atoms with van der Waals surface area (Å²) in [6.45, 7) is 2.58. The van der Waals surface area contributed by atoms with Crippen molar-refractivity contribution in [2.24, 2.45) is 5.73 Å². The zero-order valence-electron chi connectivity index (χ0n) is 11.2. The van der Waals surface area contributed by atoms with E-state index < -0.39 is 0 Å². The average molecular weight is 287 g/mol. The van der Waals surface area contributed by atoms with Crippen LogP contribution in [0.3, 0.4) is 0 Å². The zero-order chi connectivity index (χ0) is 14.1. The van der Waals surface area contributed by atoms with E-state index in [1.807, 2.05) is 35.7 Å². The molecule has 4 nitrogen and oxygen atoms in total. The predicted molar refractivity (Wildman–Crippen MR) is 80.9 cm³/mol. The van der Waals surface area contributed by atoms with E-state index in [1.165, 1.54) is 0 Å². The van der Waals surface area contributed by atoms with Gasteiger partial charge in [0.25, 0.3) is 0 Å². The largest absolute Gasteiger partial charge is 0.330 e. The Balaban J connectivity index is 2.32. The van der Waals surface area contributed by atoms with E-state index >= 15 is 0 Å². The fraction of sp³-hybridized carbons (Fsp3) is 0.200. The van der Waals surface area contributed by atoms with Crippen LogP contribution in [-0.4, -0.2) is 20.9 Å². The highest BCUT2D eigenvalue weighted by Gasteiger charge is 2.15. The molecule has 5 heteroatoms. The average Bonchev–Trinajstić information content (AvgIpc) is 2.80. The molecule has 3 heterocycles. The van der Waals surface area contributed by atoms with Crippen LogP contribution in [-0.2, 0) is 6.42 Å². The number of hydrogen-bond acceptors (Lipinski definition) is 3. The Labute approximate surface area is 122 Å². The molecular formula is C15H15ClN4. The summed E-state index contributed by atoms with van der Waals surface area (Å²) in [7, 11) is 0. The van der Waals surface area contributed by atoms with Gasteiger partial charge in [-0.1, -0.05) is 11.6 Å². The number of fused-ring (bicyclic) bond motifs is 1. The van der Waals surface area contributed by atoms with Gasteiger partial charge in [-0.05, 0) is 37.2 Å². The topological polar surface area (TPSA) is 56.2 Å². The summed E-state index contributed by atoms with van der Waals surface area (Å²) in [6, 6.07) is 5.84. The van der Waals surface area contributed by atoms with E-state index in [-0.39, 0.29) is 0 Å². The Hall–Kier alpha value is -1.91. The van der Waals surface area contributed by atoms with Crippen LogP contribution in [0.5, 0.6) is 0 Å². The quantitative estimate of drug-likeness (QED) is 0.805. The SMILES string of the molecule is Cc1cc(Cl)cn2c(CCN)c(-c3ccncc3)nc12. The van der Waals surface area contributed by atoms with Gasteiger partial charge in [0.2, 0.25) is 0 Å². The van der Waals surface area contributed by atoms with Crippen LogP contribution >= 0.6 is 11.6 Å². The van der Waals surface area contributed by atoms with E-state index in [1.54, 1.807) is 12.4 Å². The molecule has 0 spiro atoms. The Morgan fingerprint density at radius 1 is 1.30 bits per heavy atom. The summed E-state index contributed by atoms with van der Waals surface area (Å²) in [5.41, 5.74) is 10.8. The van der Waals surface area contributed by atoms with Crippen LogP contribution in [0.2, 0.25) is 5.02 Å². The zero-order valence-corrected chi connectivity index (χ0v) is 11.9. The second-order valence-corrected chi connectivity index (χ2v) is 5.15. The number of nitrogens with zero attached hydrogens (tertiary/aromatic N) is 3. The fourth-order valence-electron chi connectivity index (χ4n) is 2.43. The first kappa shape index (κ1) is 13.1. The first-order chi connectivity index (χ1) is 9.70. The normalized spacial score (nSPS) is 11.2. The number of imidazole rings is 1. The summed E-state index contributed by atoms with van der Waals surface area (Å²) in [5, 5.41) is 0.701. The minimum atomic E-state index is 0.567.